The average molecular weight is 383 g/mol. The molecule has 0 saturated heterocycles. The van der Waals surface area contributed by atoms with Gasteiger partial charge in [-0.3, -0.25) is 9.59 Å². The standard InChI is InChI=1S/C23H30N2O3/c1-19(26)21-11-13-22(14-12-21)28-17-6-10-23(27)24-15-7-16-25(2)18-20-8-4-3-5-9-20/h3-5,8-9,11-14H,6-7,10,15-18H2,1-2H3,(H,24,27). The molecule has 0 radical (unpaired) electrons. The summed E-state index contributed by atoms with van der Waals surface area (Å²) in [6.07, 6.45) is 2.04. The first kappa shape index (κ1) is 21.6. The number of carbonyl (C=O) groups is 2. The molecule has 0 aromatic heterocycles. The number of ketones is 1. The van der Waals surface area contributed by atoms with Gasteiger partial charge in [0, 0.05) is 25.1 Å². The van der Waals surface area contributed by atoms with Crippen molar-refractivity contribution in [3.05, 3.63) is 65.7 Å². The van der Waals surface area contributed by atoms with Crippen LogP contribution in [-0.4, -0.2) is 43.3 Å². The predicted octanol–water partition coefficient (Wildman–Crippen LogP) is 3.69. The van der Waals surface area contributed by atoms with Crippen molar-refractivity contribution >= 4 is 11.7 Å². The maximum Gasteiger partial charge on any atom is 0.220 e. The van der Waals surface area contributed by atoms with E-state index in [-0.39, 0.29) is 11.7 Å². The molecule has 0 fully saturated rings. The lowest BCUT2D eigenvalue weighted by molar-refractivity contribution is -0.121. The molecule has 1 N–H and O–H groups in total. The van der Waals surface area contributed by atoms with Crippen molar-refractivity contribution in [2.75, 3.05) is 26.7 Å². The summed E-state index contributed by atoms with van der Waals surface area (Å²) in [4.78, 5) is 25.4. The fourth-order valence-electron chi connectivity index (χ4n) is 2.85. The van der Waals surface area contributed by atoms with Gasteiger partial charge < -0.3 is 15.0 Å². The van der Waals surface area contributed by atoms with Gasteiger partial charge in [-0.25, -0.2) is 0 Å². The first-order chi connectivity index (χ1) is 13.5. The van der Waals surface area contributed by atoms with Crippen molar-refractivity contribution in [2.24, 2.45) is 0 Å². The van der Waals surface area contributed by atoms with Gasteiger partial charge in [0.05, 0.1) is 6.61 Å². The minimum atomic E-state index is 0.0366. The molecule has 0 bridgehead atoms. The number of hydrogen-bond acceptors (Lipinski definition) is 4. The number of amides is 1. The highest BCUT2D eigenvalue weighted by molar-refractivity contribution is 5.94. The molecule has 28 heavy (non-hydrogen) atoms. The monoisotopic (exact) mass is 382 g/mol. The van der Waals surface area contributed by atoms with E-state index in [1.807, 2.05) is 18.2 Å². The molecule has 5 nitrogen and oxygen atoms in total. The molecule has 2 aromatic rings. The molecule has 0 saturated carbocycles. The Morgan fingerprint density at radius 2 is 1.71 bits per heavy atom. The number of nitrogens with one attached hydrogen (secondary N) is 1. The lowest BCUT2D eigenvalue weighted by Gasteiger charge is -2.16. The highest BCUT2D eigenvalue weighted by Crippen LogP contribution is 2.13. The molecule has 0 heterocycles. The van der Waals surface area contributed by atoms with Crippen LogP contribution in [0.1, 0.15) is 42.1 Å². The second-order valence-electron chi connectivity index (χ2n) is 6.96. The fourth-order valence-corrected chi connectivity index (χ4v) is 2.85. The number of benzene rings is 2. The van der Waals surface area contributed by atoms with Crippen molar-refractivity contribution in [1.29, 1.82) is 0 Å². The second kappa shape index (κ2) is 11.9. The molecule has 2 aromatic carbocycles. The number of Topliss-reactive ketones (excluding diaryl/α,β-unsaturated/α-hetero) is 1. The van der Waals surface area contributed by atoms with Gasteiger partial charge in [0.1, 0.15) is 5.75 Å². The van der Waals surface area contributed by atoms with E-state index in [2.05, 4.69) is 29.4 Å². The molecule has 2 rings (SSSR count). The summed E-state index contributed by atoms with van der Waals surface area (Å²) in [5, 5.41) is 2.96. The van der Waals surface area contributed by atoms with Crippen molar-refractivity contribution in [1.82, 2.24) is 10.2 Å². The van der Waals surface area contributed by atoms with Gasteiger partial charge >= 0.3 is 0 Å². The van der Waals surface area contributed by atoms with E-state index in [0.717, 1.165) is 19.5 Å². The smallest absolute Gasteiger partial charge is 0.220 e. The lowest BCUT2D eigenvalue weighted by atomic mass is 10.1. The van der Waals surface area contributed by atoms with Gasteiger partial charge in [0.2, 0.25) is 5.91 Å². The van der Waals surface area contributed by atoms with E-state index in [1.165, 1.54) is 12.5 Å². The van der Waals surface area contributed by atoms with E-state index < -0.39 is 0 Å². The van der Waals surface area contributed by atoms with Crippen LogP contribution in [0.2, 0.25) is 0 Å². The van der Waals surface area contributed by atoms with E-state index in [1.54, 1.807) is 24.3 Å². The zero-order valence-electron chi connectivity index (χ0n) is 16.8. The maximum absolute atomic E-state index is 11.9. The molecule has 0 spiro atoms. The summed E-state index contributed by atoms with van der Waals surface area (Å²) < 4.78 is 5.61. The van der Waals surface area contributed by atoms with Gasteiger partial charge in [-0.1, -0.05) is 30.3 Å². The fraction of sp³-hybridized carbons (Fsp3) is 0.391. The van der Waals surface area contributed by atoms with Crippen molar-refractivity contribution in [2.45, 2.75) is 32.7 Å². The Bertz CT molecular complexity index is 729. The zero-order chi connectivity index (χ0) is 20.2. The number of rotatable bonds is 12. The van der Waals surface area contributed by atoms with Crippen LogP contribution in [0.4, 0.5) is 0 Å². The number of carbonyl (C=O) groups excluding carboxylic acids is 2. The number of nitrogens with zero attached hydrogens (tertiary/aromatic N) is 1. The molecule has 0 aliphatic rings. The van der Waals surface area contributed by atoms with Crippen LogP contribution in [0.3, 0.4) is 0 Å². The predicted molar refractivity (Wildman–Crippen MR) is 112 cm³/mol. The topological polar surface area (TPSA) is 58.6 Å². The minimum Gasteiger partial charge on any atom is -0.494 e. The van der Waals surface area contributed by atoms with E-state index >= 15 is 0 Å². The Labute approximate surface area is 167 Å². The summed E-state index contributed by atoms with van der Waals surface area (Å²) in [5.74, 6) is 0.808. The van der Waals surface area contributed by atoms with Crippen molar-refractivity contribution in [3.63, 3.8) is 0 Å². The summed E-state index contributed by atoms with van der Waals surface area (Å²) in [6.45, 7) is 4.56. The summed E-state index contributed by atoms with van der Waals surface area (Å²) in [6, 6.07) is 17.4. The summed E-state index contributed by atoms with van der Waals surface area (Å²) >= 11 is 0. The van der Waals surface area contributed by atoms with E-state index in [9.17, 15) is 9.59 Å². The number of ether oxygens (including phenoxy) is 1. The van der Waals surface area contributed by atoms with E-state index in [0.29, 0.717) is 37.3 Å². The largest absolute Gasteiger partial charge is 0.494 e. The van der Waals surface area contributed by atoms with Crippen molar-refractivity contribution in [3.8, 4) is 5.75 Å². The molecular weight excluding hydrogens is 352 g/mol. The average Bonchev–Trinajstić information content (AvgIpc) is 2.70. The molecule has 1 amide bonds. The molecule has 0 aliphatic carbocycles. The highest BCUT2D eigenvalue weighted by Gasteiger charge is 2.04. The van der Waals surface area contributed by atoms with Crippen LogP contribution in [0.25, 0.3) is 0 Å². The van der Waals surface area contributed by atoms with Gasteiger partial charge in [-0.15, -0.1) is 0 Å². The third-order valence-corrected chi connectivity index (χ3v) is 4.41. The Kier molecular flexibility index (Phi) is 9.22. The molecule has 0 unspecified atom stereocenters. The first-order valence-electron chi connectivity index (χ1n) is 9.77. The summed E-state index contributed by atoms with van der Waals surface area (Å²) in [7, 11) is 2.09. The minimum absolute atomic E-state index is 0.0366. The first-order valence-corrected chi connectivity index (χ1v) is 9.77. The van der Waals surface area contributed by atoms with Crippen LogP contribution in [0.5, 0.6) is 5.75 Å². The molecular formula is C23H30N2O3. The van der Waals surface area contributed by atoms with Gasteiger partial charge in [-0.2, -0.15) is 0 Å². The van der Waals surface area contributed by atoms with Gasteiger partial charge in [0.15, 0.2) is 5.78 Å². The zero-order valence-corrected chi connectivity index (χ0v) is 16.8. The lowest BCUT2D eigenvalue weighted by Crippen LogP contribution is -2.28. The van der Waals surface area contributed by atoms with Gasteiger partial charge in [-0.05, 0) is 63.2 Å². The Hall–Kier alpha value is -2.66. The van der Waals surface area contributed by atoms with Crippen LogP contribution in [0.15, 0.2) is 54.6 Å². The second-order valence-corrected chi connectivity index (χ2v) is 6.96. The Morgan fingerprint density at radius 1 is 1.00 bits per heavy atom. The Morgan fingerprint density at radius 3 is 2.39 bits per heavy atom. The molecule has 150 valence electrons. The maximum atomic E-state index is 11.9. The SMILES string of the molecule is CC(=O)c1ccc(OCCCC(=O)NCCCN(C)Cc2ccccc2)cc1. The van der Waals surface area contributed by atoms with E-state index in [4.69, 9.17) is 4.74 Å². The quantitative estimate of drug-likeness (QED) is 0.449. The third kappa shape index (κ3) is 8.35. The Balaban J connectivity index is 1.51. The van der Waals surface area contributed by atoms with Crippen LogP contribution in [0, 0.1) is 0 Å². The molecule has 0 atom stereocenters. The molecule has 5 heteroatoms. The third-order valence-electron chi connectivity index (χ3n) is 4.41. The van der Waals surface area contributed by atoms with Crippen LogP contribution in [-0.2, 0) is 11.3 Å². The van der Waals surface area contributed by atoms with Crippen LogP contribution < -0.4 is 10.1 Å². The highest BCUT2D eigenvalue weighted by atomic mass is 16.5. The molecule has 0 aliphatic heterocycles. The van der Waals surface area contributed by atoms with Crippen molar-refractivity contribution < 1.29 is 14.3 Å². The summed E-state index contributed by atoms with van der Waals surface area (Å²) in [5.41, 5.74) is 1.96. The van der Waals surface area contributed by atoms with Crippen LogP contribution >= 0.6 is 0 Å². The number of hydrogen-bond donors (Lipinski definition) is 1. The van der Waals surface area contributed by atoms with Gasteiger partial charge in [0.25, 0.3) is 0 Å². The normalized spacial score (nSPS) is 10.7.